The number of carbonyl (C=O) groups is 2. The zero-order chi connectivity index (χ0) is 18.4. The molecule has 1 rings (SSSR count). The number of hydrogen-bond acceptors (Lipinski definition) is 7. The van der Waals surface area contributed by atoms with E-state index in [2.05, 4.69) is 15.6 Å². The second-order valence-corrected chi connectivity index (χ2v) is 6.07. The van der Waals surface area contributed by atoms with E-state index < -0.39 is 49.3 Å². The third kappa shape index (κ3) is 4.96. The average molecular weight is 341 g/mol. The summed E-state index contributed by atoms with van der Waals surface area (Å²) >= 11 is 0. The van der Waals surface area contributed by atoms with E-state index in [0.29, 0.717) is 0 Å². The van der Waals surface area contributed by atoms with E-state index in [4.69, 9.17) is 0 Å². The minimum Gasteiger partial charge on any atom is -0.394 e. The molecular weight excluding hydrogens is 318 g/mol. The fourth-order valence-corrected chi connectivity index (χ4v) is 1.62. The van der Waals surface area contributed by atoms with Gasteiger partial charge in [0, 0.05) is 0 Å². The van der Waals surface area contributed by atoms with Crippen molar-refractivity contribution in [1.82, 2.24) is 15.6 Å². The van der Waals surface area contributed by atoms with Crippen LogP contribution < -0.4 is 10.6 Å². The molecule has 0 aliphatic carbocycles. The van der Waals surface area contributed by atoms with Crippen molar-refractivity contribution < 1.29 is 30.0 Å². The van der Waals surface area contributed by atoms with Gasteiger partial charge in [-0.25, -0.2) is 4.98 Å². The first-order chi connectivity index (χ1) is 11.2. The molecule has 0 aliphatic heterocycles. The number of nitrogens with zero attached hydrogens (tertiary/aromatic N) is 1. The lowest BCUT2D eigenvalue weighted by molar-refractivity contribution is 0.0712. The zero-order valence-corrected chi connectivity index (χ0v) is 13.6. The largest absolute Gasteiger partial charge is 0.394 e. The number of aliphatic hydroxyl groups is 4. The molecule has 0 saturated heterocycles. The Morgan fingerprint density at radius 2 is 1.21 bits per heavy atom. The van der Waals surface area contributed by atoms with Crippen LogP contribution in [-0.2, 0) is 0 Å². The van der Waals surface area contributed by atoms with E-state index in [1.165, 1.54) is 32.0 Å². The first-order valence-electron chi connectivity index (χ1n) is 7.28. The van der Waals surface area contributed by atoms with E-state index >= 15 is 0 Å². The molecule has 1 aromatic heterocycles. The van der Waals surface area contributed by atoms with Gasteiger partial charge in [-0.05, 0) is 26.0 Å². The Hall–Kier alpha value is -2.07. The second-order valence-electron chi connectivity index (χ2n) is 6.07. The Kier molecular flexibility index (Phi) is 6.79. The van der Waals surface area contributed by atoms with E-state index in [1.54, 1.807) is 0 Å². The number of hydrogen-bond donors (Lipinski definition) is 6. The maximum atomic E-state index is 12.1. The summed E-state index contributed by atoms with van der Waals surface area (Å²) in [5.74, 6) is -1.33. The number of pyridine rings is 1. The van der Waals surface area contributed by atoms with Gasteiger partial charge in [0.05, 0.1) is 37.5 Å². The van der Waals surface area contributed by atoms with E-state index in [1.807, 2.05) is 0 Å². The highest BCUT2D eigenvalue weighted by Gasteiger charge is 2.28. The molecule has 24 heavy (non-hydrogen) atoms. The lowest BCUT2D eigenvalue weighted by Crippen LogP contribution is -2.52. The predicted molar refractivity (Wildman–Crippen MR) is 84.3 cm³/mol. The number of nitrogens with one attached hydrogen (secondary N) is 2. The Morgan fingerprint density at radius 1 is 0.875 bits per heavy atom. The maximum absolute atomic E-state index is 12.1. The lowest BCUT2D eigenvalue weighted by atomic mass is 10.0. The fraction of sp³-hybridized carbons (Fsp3) is 0.533. The molecule has 2 amide bonds. The molecule has 0 radical (unpaired) electrons. The minimum absolute atomic E-state index is 0.0783. The minimum atomic E-state index is -1.22. The summed E-state index contributed by atoms with van der Waals surface area (Å²) in [6.07, 6.45) is 0. The van der Waals surface area contributed by atoms with Gasteiger partial charge in [0.2, 0.25) is 0 Å². The van der Waals surface area contributed by atoms with Crippen LogP contribution in [0.2, 0.25) is 0 Å². The molecule has 0 unspecified atom stereocenters. The van der Waals surface area contributed by atoms with Gasteiger partial charge < -0.3 is 31.1 Å². The van der Waals surface area contributed by atoms with Gasteiger partial charge in [-0.1, -0.05) is 6.07 Å². The predicted octanol–water partition coefficient (Wildman–Crippen LogP) is -1.97. The van der Waals surface area contributed by atoms with Crippen molar-refractivity contribution in [1.29, 1.82) is 0 Å². The third-order valence-corrected chi connectivity index (χ3v) is 3.44. The normalized spacial score (nSPS) is 11.9. The molecule has 0 aliphatic rings. The van der Waals surface area contributed by atoms with Crippen LogP contribution in [0.1, 0.15) is 34.8 Å². The Labute approximate surface area is 139 Å². The first kappa shape index (κ1) is 20.0. The summed E-state index contributed by atoms with van der Waals surface area (Å²) in [6.45, 7) is 1.02. The topological polar surface area (TPSA) is 152 Å². The van der Waals surface area contributed by atoms with Crippen LogP contribution in [0.25, 0.3) is 0 Å². The number of aliphatic hydroxyl groups excluding tert-OH is 4. The van der Waals surface area contributed by atoms with Crippen LogP contribution in [0, 0.1) is 0 Å². The fourth-order valence-electron chi connectivity index (χ4n) is 1.62. The van der Waals surface area contributed by atoms with Crippen molar-refractivity contribution >= 4 is 11.8 Å². The molecule has 0 spiro atoms. The van der Waals surface area contributed by atoms with Crippen LogP contribution in [0.5, 0.6) is 0 Å². The molecular formula is C15H23N3O6. The molecule has 0 bridgehead atoms. The van der Waals surface area contributed by atoms with Crippen molar-refractivity contribution in [2.75, 3.05) is 26.4 Å². The summed E-state index contributed by atoms with van der Waals surface area (Å²) in [6, 6.07) is 4.19. The summed E-state index contributed by atoms with van der Waals surface area (Å²) < 4.78 is 0. The molecule has 0 saturated carbocycles. The number of aromatic nitrogens is 1. The van der Waals surface area contributed by atoms with Crippen molar-refractivity contribution in [2.45, 2.75) is 24.9 Å². The molecule has 0 atom stereocenters. The van der Waals surface area contributed by atoms with Gasteiger partial charge in [-0.3, -0.25) is 9.59 Å². The van der Waals surface area contributed by atoms with E-state index in [-0.39, 0.29) is 11.4 Å². The Balaban J connectivity index is 2.94. The highest BCUT2D eigenvalue weighted by Crippen LogP contribution is 2.07. The summed E-state index contributed by atoms with van der Waals surface area (Å²) in [5, 5.41) is 41.7. The summed E-state index contributed by atoms with van der Waals surface area (Å²) in [5.41, 5.74) is -2.59. The molecule has 0 aromatic carbocycles. The van der Waals surface area contributed by atoms with Crippen molar-refractivity contribution in [3.05, 3.63) is 29.6 Å². The second kappa shape index (κ2) is 8.15. The SMILES string of the molecule is CC(CO)(CO)NC(=O)c1cccc(C(=O)NC(C)(CO)CO)n1. The van der Waals surface area contributed by atoms with Gasteiger partial charge in [0.25, 0.3) is 11.8 Å². The Bertz CT molecular complexity index is 537. The van der Waals surface area contributed by atoms with E-state index in [9.17, 15) is 30.0 Å². The summed E-state index contributed by atoms with van der Waals surface area (Å²) in [7, 11) is 0. The maximum Gasteiger partial charge on any atom is 0.270 e. The highest BCUT2D eigenvalue weighted by atomic mass is 16.3. The summed E-state index contributed by atoms with van der Waals surface area (Å²) in [4.78, 5) is 28.2. The molecule has 1 heterocycles. The first-order valence-corrected chi connectivity index (χ1v) is 7.28. The lowest BCUT2D eigenvalue weighted by Gasteiger charge is -2.26. The van der Waals surface area contributed by atoms with Gasteiger partial charge in [-0.15, -0.1) is 0 Å². The molecule has 1 aromatic rings. The van der Waals surface area contributed by atoms with Gasteiger partial charge >= 0.3 is 0 Å². The van der Waals surface area contributed by atoms with Gasteiger partial charge in [-0.2, -0.15) is 0 Å². The molecule has 9 heteroatoms. The van der Waals surface area contributed by atoms with Crippen molar-refractivity contribution in [3.63, 3.8) is 0 Å². The molecule has 9 nitrogen and oxygen atoms in total. The van der Waals surface area contributed by atoms with Crippen LogP contribution in [0.15, 0.2) is 18.2 Å². The van der Waals surface area contributed by atoms with Crippen molar-refractivity contribution in [3.8, 4) is 0 Å². The van der Waals surface area contributed by atoms with Crippen molar-refractivity contribution in [2.24, 2.45) is 0 Å². The zero-order valence-electron chi connectivity index (χ0n) is 13.6. The number of carbonyl (C=O) groups excluding carboxylic acids is 2. The standard InChI is InChI=1S/C15H23N3O6/c1-14(6-19,7-20)17-12(23)10-4-3-5-11(16-10)13(24)18-15(2,8-21)9-22/h3-5,19-22H,6-9H2,1-2H3,(H,17,23)(H,18,24). The van der Waals surface area contributed by atoms with Crippen LogP contribution in [0.4, 0.5) is 0 Å². The highest BCUT2D eigenvalue weighted by molar-refractivity contribution is 5.96. The number of rotatable bonds is 8. The van der Waals surface area contributed by atoms with Gasteiger partial charge in [0.1, 0.15) is 11.4 Å². The van der Waals surface area contributed by atoms with Crippen LogP contribution in [0.3, 0.4) is 0 Å². The van der Waals surface area contributed by atoms with Crippen LogP contribution >= 0.6 is 0 Å². The number of amides is 2. The molecule has 134 valence electrons. The molecule has 6 N–H and O–H groups in total. The van der Waals surface area contributed by atoms with Crippen LogP contribution in [-0.4, -0.2) is 74.7 Å². The van der Waals surface area contributed by atoms with E-state index in [0.717, 1.165) is 0 Å². The Morgan fingerprint density at radius 3 is 1.50 bits per heavy atom. The smallest absolute Gasteiger partial charge is 0.270 e. The molecule has 0 fully saturated rings. The monoisotopic (exact) mass is 341 g/mol. The quantitative estimate of drug-likeness (QED) is 0.321. The average Bonchev–Trinajstić information content (AvgIpc) is 2.61. The third-order valence-electron chi connectivity index (χ3n) is 3.44. The van der Waals surface area contributed by atoms with Gasteiger partial charge in [0.15, 0.2) is 0 Å².